The van der Waals surface area contributed by atoms with Crippen molar-refractivity contribution in [3.05, 3.63) is 36.1 Å². The summed E-state index contributed by atoms with van der Waals surface area (Å²) in [7, 11) is 1.25. The molecule has 0 aliphatic carbocycles. The molecule has 54 heavy (non-hydrogen) atoms. The molecule has 3 aliphatic heterocycles. The quantitative estimate of drug-likeness (QED) is 0.0950. The van der Waals surface area contributed by atoms with Gasteiger partial charge in [-0.05, 0) is 62.5 Å². The summed E-state index contributed by atoms with van der Waals surface area (Å²) in [6.45, 7) is 18.5. The lowest BCUT2D eigenvalue weighted by Crippen LogP contribution is -2.62. The summed E-state index contributed by atoms with van der Waals surface area (Å²) < 4.78 is 42.4. The summed E-state index contributed by atoms with van der Waals surface area (Å²) in [6, 6.07) is 0. The van der Waals surface area contributed by atoms with Gasteiger partial charge < -0.3 is 48.5 Å². The Morgan fingerprint density at radius 3 is 2.43 bits per heavy atom. The highest BCUT2D eigenvalue weighted by Crippen LogP contribution is 2.47. The summed E-state index contributed by atoms with van der Waals surface area (Å²) in [4.78, 5) is 26.1. The largest absolute Gasteiger partial charge is 0.493 e. The number of carbonyl (C=O) groups is 2. The third-order valence-electron chi connectivity index (χ3n) is 10.4. The fourth-order valence-electron chi connectivity index (χ4n) is 7.28. The zero-order valence-corrected chi connectivity index (χ0v) is 34.2. The SMILES string of the molecule is C=C1C[C@H](O)CCO[C@H](CC(C)(C)C)C[C@@H]2CCO[C@H](/C=C/C(C)(C)[C@]3(O)O[C@@H](C/C(=C\C(=O)OC)[C@@H]3OC(=O)CCCCCCC)C[C@H]([C@@H](C)O)O1)O2. The van der Waals surface area contributed by atoms with E-state index in [1.165, 1.54) is 13.2 Å². The summed E-state index contributed by atoms with van der Waals surface area (Å²) >= 11 is 0. The summed E-state index contributed by atoms with van der Waals surface area (Å²) in [6.07, 6.45) is 6.33. The van der Waals surface area contributed by atoms with Crippen molar-refractivity contribution in [1.82, 2.24) is 0 Å². The van der Waals surface area contributed by atoms with E-state index in [0.717, 1.165) is 32.1 Å². The third-order valence-corrected chi connectivity index (χ3v) is 10.4. The Morgan fingerprint density at radius 1 is 1.06 bits per heavy atom. The molecule has 12 nitrogen and oxygen atoms in total. The molecule has 3 heterocycles. The molecular weight excluding hydrogens is 696 g/mol. The second-order valence-corrected chi connectivity index (χ2v) is 17.1. The Hall–Kier alpha value is -2.32. The third kappa shape index (κ3) is 14.6. The van der Waals surface area contributed by atoms with Crippen molar-refractivity contribution in [1.29, 1.82) is 0 Å². The predicted molar refractivity (Wildman–Crippen MR) is 204 cm³/mol. The van der Waals surface area contributed by atoms with Crippen LogP contribution in [-0.2, 0) is 42.7 Å². The number of fused-ring (bicyclic) bond motifs is 4. The number of hydrogen-bond donors (Lipinski definition) is 3. The average molecular weight is 767 g/mol. The number of esters is 2. The van der Waals surface area contributed by atoms with Gasteiger partial charge in [-0.15, -0.1) is 0 Å². The molecule has 4 bridgehead atoms. The van der Waals surface area contributed by atoms with E-state index in [-0.39, 0.29) is 49.1 Å². The Labute approximate surface area is 323 Å². The number of methoxy groups -OCH3 is 1. The van der Waals surface area contributed by atoms with Crippen LogP contribution in [0.3, 0.4) is 0 Å². The lowest BCUT2D eigenvalue weighted by atomic mass is 9.74. The first-order valence-electron chi connectivity index (χ1n) is 20.0. The molecule has 0 radical (unpaired) electrons. The molecule has 0 aromatic carbocycles. The summed E-state index contributed by atoms with van der Waals surface area (Å²) in [5.41, 5.74) is -0.967. The lowest BCUT2D eigenvalue weighted by Gasteiger charge is -2.51. The maximum atomic E-state index is 13.4. The molecule has 3 N–H and O–H groups in total. The van der Waals surface area contributed by atoms with Crippen molar-refractivity contribution >= 4 is 11.9 Å². The molecule has 310 valence electrons. The van der Waals surface area contributed by atoms with Gasteiger partial charge in [0.2, 0.25) is 5.79 Å². The molecule has 0 aromatic rings. The van der Waals surface area contributed by atoms with E-state index in [0.29, 0.717) is 44.5 Å². The number of carbonyl (C=O) groups excluding carboxylic acids is 2. The molecular formula is C42H70O12. The molecule has 2 fully saturated rings. The number of unbranched alkanes of at least 4 members (excludes halogenated alkanes) is 4. The van der Waals surface area contributed by atoms with Crippen LogP contribution in [0.4, 0.5) is 0 Å². The Morgan fingerprint density at radius 2 is 1.76 bits per heavy atom. The zero-order chi connectivity index (χ0) is 40.1. The second kappa shape index (κ2) is 21.3. The van der Waals surface area contributed by atoms with Gasteiger partial charge in [0.15, 0.2) is 12.4 Å². The van der Waals surface area contributed by atoms with E-state index < -0.39 is 60.0 Å². The Kier molecular flexibility index (Phi) is 18.1. The second-order valence-electron chi connectivity index (χ2n) is 17.1. The number of rotatable bonds is 10. The predicted octanol–water partition coefficient (Wildman–Crippen LogP) is 6.59. The smallest absolute Gasteiger partial charge is 0.330 e. The molecule has 0 unspecified atom stereocenters. The van der Waals surface area contributed by atoms with E-state index in [2.05, 4.69) is 34.3 Å². The van der Waals surface area contributed by atoms with E-state index in [1.807, 2.05) is 0 Å². The molecule has 0 spiro atoms. The van der Waals surface area contributed by atoms with Gasteiger partial charge in [-0.1, -0.05) is 79.9 Å². The van der Waals surface area contributed by atoms with Crippen molar-refractivity contribution in [3.63, 3.8) is 0 Å². The van der Waals surface area contributed by atoms with Gasteiger partial charge in [-0.2, -0.15) is 0 Å². The average Bonchev–Trinajstić information content (AvgIpc) is 3.07. The van der Waals surface area contributed by atoms with Gasteiger partial charge in [0, 0.05) is 37.4 Å². The van der Waals surface area contributed by atoms with Crippen molar-refractivity contribution in [2.75, 3.05) is 20.3 Å². The highest BCUT2D eigenvalue weighted by Gasteiger charge is 2.57. The van der Waals surface area contributed by atoms with E-state index >= 15 is 0 Å². The fourth-order valence-corrected chi connectivity index (χ4v) is 7.28. The first-order chi connectivity index (χ1) is 25.4. The molecule has 12 heteroatoms. The van der Waals surface area contributed by atoms with Crippen LogP contribution in [0.5, 0.6) is 0 Å². The minimum atomic E-state index is -2.21. The molecule has 0 saturated carbocycles. The van der Waals surface area contributed by atoms with Gasteiger partial charge in [-0.3, -0.25) is 4.79 Å². The van der Waals surface area contributed by atoms with Crippen molar-refractivity contribution in [2.45, 2.75) is 187 Å². The van der Waals surface area contributed by atoms with Crippen LogP contribution in [0.25, 0.3) is 0 Å². The van der Waals surface area contributed by atoms with Crippen LogP contribution in [0.2, 0.25) is 0 Å². The van der Waals surface area contributed by atoms with E-state index in [4.69, 9.17) is 33.2 Å². The van der Waals surface area contributed by atoms with E-state index in [9.17, 15) is 24.9 Å². The van der Waals surface area contributed by atoms with Crippen LogP contribution in [-0.4, -0.2) is 102 Å². The van der Waals surface area contributed by atoms with Crippen LogP contribution < -0.4 is 0 Å². The Bertz CT molecular complexity index is 1250. The standard InChI is InChI=1S/C42H70O12/c1-10-11-12-13-14-15-36(45)53-39-30(24-37(46)48-9)23-33-26-35(29(3)43)51-28(2)22-31(44)17-20-49-34(27-40(4,5)6)25-32-18-21-50-38(52-32)16-19-41(7,8)42(39,47)54-33/h16,19,24,29,31-35,38-39,43-44,47H,2,10-15,17-18,20-23,25-27H2,1,3-9H3/b19-16+,30-24+/t29-,31-,32+,33+,34+,35-,38+,39+,42-/m1/s1. The number of ether oxygens (including phenoxy) is 7. The molecule has 0 amide bonds. The Balaban J connectivity index is 2.05. The van der Waals surface area contributed by atoms with Gasteiger partial charge in [0.05, 0.1) is 50.0 Å². The minimum Gasteiger partial charge on any atom is -0.493 e. The summed E-state index contributed by atoms with van der Waals surface area (Å²) in [5, 5.41) is 34.5. The zero-order valence-electron chi connectivity index (χ0n) is 34.2. The van der Waals surface area contributed by atoms with Gasteiger partial charge in [0.1, 0.15) is 6.10 Å². The van der Waals surface area contributed by atoms with Crippen LogP contribution in [0, 0.1) is 10.8 Å². The van der Waals surface area contributed by atoms with Gasteiger partial charge >= 0.3 is 11.9 Å². The van der Waals surface area contributed by atoms with Crippen LogP contribution in [0.15, 0.2) is 36.1 Å². The first-order valence-corrected chi connectivity index (χ1v) is 20.0. The molecule has 2 saturated heterocycles. The van der Waals surface area contributed by atoms with E-state index in [1.54, 1.807) is 32.9 Å². The molecule has 0 aromatic heterocycles. The highest BCUT2D eigenvalue weighted by atomic mass is 16.7. The number of aliphatic hydroxyl groups is 3. The molecule has 3 rings (SSSR count). The lowest BCUT2D eigenvalue weighted by molar-refractivity contribution is -0.327. The van der Waals surface area contributed by atoms with Crippen LogP contribution >= 0.6 is 0 Å². The maximum absolute atomic E-state index is 13.4. The highest BCUT2D eigenvalue weighted by molar-refractivity contribution is 5.83. The normalized spacial score (nSPS) is 33.6. The molecule has 9 atom stereocenters. The number of aliphatic hydroxyl groups excluding tert-OH is 2. The van der Waals surface area contributed by atoms with Gasteiger partial charge in [0.25, 0.3) is 0 Å². The minimum absolute atomic E-state index is 0.00677. The maximum Gasteiger partial charge on any atom is 0.330 e. The van der Waals surface area contributed by atoms with Crippen molar-refractivity contribution in [3.8, 4) is 0 Å². The number of hydrogen-bond acceptors (Lipinski definition) is 12. The fraction of sp³-hybridized carbons (Fsp3) is 0.810. The molecule has 3 aliphatic rings. The topological polar surface area (TPSA) is 159 Å². The van der Waals surface area contributed by atoms with Crippen molar-refractivity contribution in [2.24, 2.45) is 10.8 Å². The summed E-state index contributed by atoms with van der Waals surface area (Å²) in [5.74, 6) is -3.14. The van der Waals surface area contributed by atoms with Crippen LogP contribution in [0.1, 0.15) is 132 Å². The first kappa shape index (κ1) is 46.1. The monoisotopic (exact) mass is 766 g/mol. The van der Waals surface area contributed by atoms with Crippen molar-refractivity contribution < 1.29 is 58.1 Å². The van der Waals surface area contributed by atoms with Gasteiger partial charge in [-0.25, -0.2) is 4.79 Å².